The number of rotatable bonds is 8. The summed E-state index contributed by atoms with van der Waals surface area (Å²) < 4.78 is 26.2. The van der Waals surface area contributed by atoms with Crippen molar-refractivity contribution in [1.29, 1.82) is 0 Å². The van der Waals surface area contributed by atoms with E-state index in [1.807, 2.05) is 11.9 Å². The Balaban J connectivity index is 1.62. The smallest absolute Gasteiger partial charge is 0.327 e. The molecule has 12 nitrogen and oxygen atoms in total. The highest BCUT2D eigenvalue weighted by Gasteiger charge is 2.33. The monoisotopic (exact) mass is 617 g/mol. The van der Waals surface area contributed by atoms with Crippen LogP contribution in [0.15, 0.2) is 71.5 Å². The number of anilines is 2. The summed E-state index contributed by atoms with van der Waals surface area (Å²) in [7, 11) is 3.01. The number of hydrogen-bond donors (Lipinski definition) is 2. The molecule has 1 fully saturated rings. The van der Waals surface area contributed by atoms with Crippen molar-refractivity contribution < 1.29 is 23.5 Å². The predicted molar refractivity (Wildman–Crippen MR) is 170 cm³/mol. The first-order valence-electron chi connectivity index (χ1n) is 14.6. The fourth-order valence-corrected chi connectivity index (χ4v) is 5.36. The summed E-state index contributed by atoms with van der Waals surface area (Å²) in [6.07, 6.45) is 0. The molecule has 236 valence electrons. The van der Waals surface area contributed by atoms with Gasteiger partial charge in [-0.3, -0.25) is 9.69 Å². The molecule has 0 aliphatic carbocycles. The van der Waals surface area contributed by atoms with Gasteiger partial charge in [-0.25, -0.2) is 23.6 Å². The number of benzene rings is 3. The summed E-state index contributed by atoms with van der Waals surface area (Å²) in [6, 6.07) is 15.9. The number of nitrogens with zero attached hydrogens (tertiary/aromatic N) is 5. The molecule has 1 aliphatic rings. The standard InChI is InChI=1S/C32H36FN7O5/c1-5-34-31(42)37-16-18-38(19-17-37)40-29(36-26-9-7-6-8-25(26)30(40)41)21(2)39(27-15-14-24(44-3)20-28(27)45-4)32(43)35-23-12-10-22(33)11-13-23/h6-15,20-21H,5,16-19H2,1-4H3,(H,34,42)(H,35,43). The van der Waals surface area contributed by atoms with Crippen LogP contribution < -0.4 is 35.6 Å². The molecule has 45 heavy (non-hydrogen) atoms. The Bertz CT molecular complexity index is 1740. The molecular weight excluding hydrogens is 581 g/mol. The highest BCUT2D eigenvalue weighted by Crippen LogP contribution is 2.37. The normalized spacial score (nSPS) is 13.7. The molecule has 4 aromatic rings. The molecule has 1 aromatic heterocycles. The molecule has 4 amide bonds. The molecule has 0 radical (unpaired) electrons. The molecule has 1 saturated heterocycles. The molecule has 0 saturated carbocycles. The number of halogens is 1. The molecule has 1 atom stereocenters. The quantitative estimate of drug-likeness (QED) is 0.302. The summed E-state index contributed by atoms with van der Waals surface area (Å²) in [5.41, 5.74) is 0.938. The van der Waals surface area contributed by atoms with Crippen molar-refractivity contribution >= 4 is 34.3 Å². The van der Waals surface area contributed by atoms with Crippen molar-refractivity contribution in [1.82, 2.24) is 19.9 Å². The van der Waals surface area contributed by atoms with E-state index in [0.29, 0.717) is 72.3 Å². The summed E-state index contributed by atoms with van der Waals surface area (Å²) in [5.74, 6) is 0.734. The van der Waals surface area contributed by atoms with Crippen LogP contribution in [-0.2, 0) is 0 Å². The van der Waals surface area contributed by atoms with Crippen LogP contribution in [0.5, 0.6) is 11.5 Å². The van der Waals surface area contributed by atoms with Crippen LogP contribution in [0.1, 0.15) is 25.7 Å². The van der Waals surface area contributed by atoms with Gasteiger partial charge in [0.15, 0.2) is 5.82 Å². The van der Waals surface area contributed by atoms with Crippen LogP contribution in [0.3, 0.4) is 0 Å². The van der Waals surface area contributed by atoms with Crippen molar-refractivity contribution in [3.05, 3.63) is 88.7 Å². The van der Waals surface area contributed by atoms with Gasteiger partial charge >= 0.3 is 12.1 Å². The maximum Gasteiger partial charge on any atom is 0.327 e. The zero-order chi connectivity index (χ0) is 32.1. The third kappa shape index (κ3) is 6.47. The summed E-state index contributed by atoms with van der Waals surface area (Å²) in [4.78, 5) is 48.8. The van der Waals surface area contributed by atoms with Gasteiger partial charge in [0.25, 0.3) is 5.56 Å². The number of ether oxygens (including phenoxy) is 2. The van der Waals surface area contributed by atoms with E-state index in [9.17, 15) is 18.8 Å². The Labute approximate surface area is 259 Å². The maximum atomic E-state index is 14.1. The van der Waals surface area contributed by atoms with Gasteiger partial charge in [-0.2, -0.15) is 0 Å². The van der Waals surface area contributed by atoms with Crippen LogP contribution in [0.25, 0.3) is 10.9 Å². The number of carbonyl (C=O) groups is 2. The Hall–Kier alpha value is -5.33. The van der Waals surface area contributed by atoms with Gasteiger partial charge in [0.2, 0.25) is 0 Å². The van der Waals surface area contributed by atoms with Gasteiger partial charge in [-0.15, -0.1) is 0 Å². The first-order valence-corrected chi connectivity index (χ1v) is 14.6. The average Bonchev–Trinajstić information content (AvgIpc) is 3.06. The van der Waals surface area contributed by atoms with Gasteiger partial charge in [-0.05, 0) is 62.4 Å². The number of nitrogens with one attached hydrogen (secondary N) is 2. The number of methoxy groups -OCH3 is 2. The molecule has 1 aliphatic heterocycles. The lowest BCUT2D eigenvalue weighted by atomic mass is 10.1. The first-order chi connectivity index (χ1) is 21.7. The van der Waals surface area contributed by atoms with E-state index in [-0.39, 0.29) is 11.6 Å². The predicted octanol–water partition coefficient (Wildman–Crippen LogP) is 4.34. The van der Waals surface area contributed by atoms with E-state index in [1.54, 1.807) is 54.3 Å². The van der Waals surface area contributed by atoms with Crippen molar-refractivity contribution in [3.8, 4) is 11.5 Å². The summed E-state index contributed by atoms with van der Waals surface area (Å²) >= 11 is 0. The lowest BCUT2D eigenvalue weighted by molar-refractivity contribution is 0.190. The largest absolute Gasteiger partial charge is 0.497 e. The lowest BCUT2D eigenvalue weighted by Gasteiger charge is -2.39. The fraction of sp³-hybridized carbons (Fsp3) is 0.312. The van der Waals surface area contributed by atoms with E-state index in [0.717, 1.165) is 0 Å². The highest BCUT2D eigenvalue weighted by molar-refractivity contribution is 6.03. The summed E-state index contributed by atoms with van der Waals surface area (Å²) in [5, 5.41) is 7.92. The van der Waals surface area contributed by atoms with Crippen LogP contribution in [0.2, 0.25) is 0 Å². The lowest BCUT2D eigenvalue weighted by Crippen LogP contribution is -2.58. The van der Waals surface area contributed by atoms with E-state index < -0.39 is 17.9 Å². The SMILES string of the molecule is CCNC(=O)N1CCN(n2c(C(C)N(C(=O)Nc3ccc(F)cc3)c3ccc(OC)cc3OC)nc3ccccc3c2=O)CC1. The van der Waals surface area contributed by atoms with Gasteiger partial charge < -0.3 is 30.0 Å². The highest BCUT2D eigenvalue weighted by atomic mass is 19.1. The zero-order valence-electron chi connectivity index (χ0n) is 25.6. The minimum absolute atomic E-state index is 0.162. The van der Waals surface area contributed by atoms with Gasteiger partial charge in [0.05, 0.1) is 49.9 Å². The van der Waals surface area contributed by atoms with Crippen LogP contribution >= 0.6 is 0 Å². The molecule has 3 aromatic carbocycles. The van der Waals surface area contributed by atoms with Crippen molar-refractivity contribution in [2.24, 2.45) is 0 Å². The number of hydrogen-bond acceptors (Lipinski definition) is 7. The van der Waals surface area contributed by atoms with Crippen molar-refractivity contribution in [2.75, 3.05) is 62.2 Å². The second-order valence-corrected chi connectivity index (χ2v) is 10.4. The Morgan fingerprint density at radius 2 is 1.71 bits per heavy atom. The second kappa shape index (κ2) is 13.5. The molecule has 5 rings (SSSR count). The van der Waals surface area contributed by atoms with Gasteiger partial charge in [0, 0.05) is 31.4 Å². The number of fused-ring (bicyclic) bond motifs is 1. The van der Waals surface area contributed by atoms with Crippen LogP contribution in [0.4, 0.5) is 25.4 Å². The Morgan fingerprint density at radius 3 is 2.38 bits per heavy atom. The number of carbonyl (C=O) groups excluding carboxylic acids is 2. The van der Waals surface area contributed by atoms with E-state index >= 15 is 0 Å². The molecule has 0 bridgehead atoms. The fourth-order valence-electron chi connectivity index (χ4n) is 5.36. The molecule has 0 spiro atoms. The molecular formula is C32H36FN7O5. The number of aromatic nitrogens is 2. The van der Waals surface area contributed by atoms with Crippen LogP contribution in [-0.4, -0.2) is 73.6 Å². The minimum atomic E-state index is -0.827. The second-order valence-electron chi connectivity index (χ2n) is 10.4. The first kappa shape index (κ1) is 31.1. The third-order valence-electron chi connectivity index (χ3n) is 7.65. The number of urea groups is 2. The zero-order valence-corrected chi connectivity index (χ0v) is 25.6. The Morgan fingerprint density at radius 1 is 1.00 bits per heavy atom. The van der Waals surface area contributed by atoms with Crippen LogP contribution in [0, 0.1) is 5.82 Å². The van der Waals surface area contributed by atoms with Crippen molar-refractivity contribution in [3.63, 3.8) is 0 Å². The minimum Gasteiger partial charge on any atom is -0.497 e. The van der Waals surface area contributed by atoms with Gasteiger partial charge in [-0.1, -0.05) is 12.1 Å². The average molecular weight is 618 g/mol. The molecule has 2 N–H and O–H groups in total. The summed E-state index contributed by atoms with van der Waals surface area (Å²) in [6.45, 7) is 5.65. The maximum absolute atomic E-state index is 14.1. The van der Waals surface area contributed by atoms with Crippen molar-refractivity contribution in [2.45, 2.75) is 19.9 Å². The molecule has 2 heterocycles. The van der Waals surface area contributed by atoms with E-state index in [1.165, 1.54) is 48.1 Å². The molecule has 13 heteroatoms. The molecule has 1 unspecified atom stereocenters. The topological polar surface area (TPSA) is 121 Å². The third-order valence-corrected chi connectivity index (χ3v) is 7.65. The van der Waals surface area contributed by atoms with Gasteiger partial charge in [0.1, 0.15) is 17.3 Å². The van der Waals surface area contributed by atoms with E-state index in [4.69, 9.17) is 14.5 Å². The number of amides is 4. The number of piperazine rings is 1. The Kier molecular flexibility index (Phi) is 9.36. The number of para-hydroxylation sites is 1. The van der Waals surface area contributed by atoms with E-state index in [2.05, 4.69) is 10.6 Å².